The van der Waals surface area contributed by atoms with Gasteiger partial charge in [0.2, 0.25) is 0 Å². The van der Waals surface area contributed by atoms with Crippen molar-refractivity contribution in [3.8, 4) is 0 Å². The summed E-state index contributed by atoms with van der Waals surface area (Å²) in [5.41, 5.74) is 0.886. The van der Waals surface area contributed by atoms with Crippen LogP contribution in [-0.2, 0) is 4.79 Å². The topological polar surface area (TPSA) is 17.1 Å². The Morgan fingerprint density at radius 2 is 1.89 bits per heavy atom. The molecule has 2 bridgehead atoms. The van der Waals surface area contributed by atoms with Gasteiger partial charge >= 0.3 is 0 Å². The van der Waals surface area contributed by atoms with Gasteiger partial charge in [-0.25, -0.2) is 0 Å². The smallest absolute Gasteiger partial charge is 0.136 e. The lowest BCUT2D eigenvalue weighted by molar-refractivity contribution is -0.130. The minimum atomic E-state index is 0.400. The highest BCUT2D eigenvalue weighted by Crippen LogP contribution is 2.70. The molecule has 0 amide bonds. The predicted molar refractivity (Wildman–Crippen MR) is 78.8 cm³/mol. The monoisotopic (exact) mass is 262 g/mol. The van der Waals surface area contributed by atoms with E-state index >= 15 is 0 Å². The van der Waals surface area contributed by atoms with Crippen LogP contribution in [0.25, 0.3) is 0 Å². The van der Waals surface area contributed by atoms with Gasteiger partial charge in [-0.1, -0.05) is 34.1 Å². The fourth-order valence-corrected chi connectivity index (χ4v) is 5.76. The molecule has 0 spiro atoms. The van der Waals surface area contributed by atoms with Crippen LogP contribution in [-0.4, -0.2) is 5.78 Å². The van der Waals surface area contributed by atoms with Crippen LogP contribution >= 0.6 is 0 Å². The molecule has 1 heteroatoms. The minimum absolute atomic E-state index is 0.400. The molecule has 3 saturated carbocycles. The number of Topliss-reactive ketones (excluding diaryl/α,β-unsaturated/α-hetero) is 1. The van der Waals surface area contributed by atoms with Gasteiger partial charge in [0.25, 0.3) is 0 Å². The molecule has 1 nitrogen and oxygen atoms in total. The van der Waals surface area contributed by atoms with Crippen molar-refractivity contribution in [2.45, 2.75) is 72.6 Å². The van der Waals surface area contributed by atoms with E-state index in [9.17, 15) is 4.79 Å². The lowest BCUT2D eigenvalue weighted by Gasteiger charge is -2.44. The zero-order valence-electron chi connectivity index (χ0n) is 13.2. The number of carbonyl (C=O) groups is 1. The first-order valence-electron chi connectivity index (χ1n) is 8.43. The third-order valence-corrected chi connectivity index (χ3v) is 7.71. The number of hydrogen-bond donors (Lipinski definition) is 0. The van der Waals surface area contributed by atoms with Crippen molar-refractivity contribution in [3.63, 3.8) is 0 Å². The number of carbonyl (C=O) groups excluding carboxylic acids is 1. The molecule has 0 aromatic heterocycles. The summed E-state index contributed by atoms with van der Waals surface area (Å²) in [4.78, 5) is 12.6. The average Bonchev–Trinajstić information content (AvgIpc) is 2.71. The lowest BCUT2D eigenvalue weighted by Crippen LogP contribution is -2.40. The van der Waals surface area contributed by atoms with Crippen molar-refractivity contribution in [1.82, 2.24) is 0 Å². The lowest BCUT2D eigenvalue weighted by atomic mass is 9.60. The van der Waals surface area contributed by atoms with Crippen LogP contribution in [0.3, 0.4) is 0 Å². The quantitative estimate of drug-likeness (QED) is 0.695. The van der Waals surface area contributed by atoms with Gasteiger partial charge in [0.1, 0.15) is 5.78 Å². The van der Waals surface area contributed by atoms with Crippen molar-refractivity contribution in [3.05, 3.63) is 0 Å². The van der Waals surface area contributed by atoms with E-state index in [-0.39, 0.29) is 0 Å². The largest absolute Gasteiger partial charge is 0.299 e. The Morgan fingerprint density at radius 3 is 2.37 bits per heavy atom. The summed E-state index contributed by atoms with van der Waals surface area (Å²) in [5.74, 6) is 3.25. The van der Waals surface area contributed by atoms with E-state index in [1.54, 1.807) is 0 Å². The fourth-order valence-electron chi connectivity index (χ4n) is 5.76. The van der Waals surface area contributed by atoms with Crippen LogP contribution in [0.2, 0.25) is 0 Å². The van der Waals surface area contributed by atoms with Crippen LogP contribution in [0, 0.1) is 34.5 Å². The molecule has 5 atom stereocenters. The Kier molecular flexibility index (Phi) is 3.11. The predicted octanol–water partition coefficient (Wildman–Crippen LogP) is 4.84. The zero-order valence-corrected chi connectivity index (χ0v) is 13.2. The van der Waals surface area contributed by atoms with Gasteiger partial charge in [0, 0.05) is 12.3 Å². The van der Waals surface area contributed by atoms with Gasteiger partial charge in [0.05, 0.1) is 0 Å². The third kappa shape index (κ3) is 1.76. The summed E-state index contributed by atoms with van der Waals surface area (Å²) in [6.45, 7) is 9.66. The first-order chi connectivity index (χ1) is 8.90. The first-order valence-corrected chi connectivity index (χ1v) is 8.43. The summed E-state index contributed by atoms with van der Waals surface area (Å²) in [6.07, 6.45) is 8.63. The highest BCUT2D eigenvalue weighted by molar-refractivity contribution is 5.82. The van der Waals surface area contributed by atoms with E-state index in [0.717, 1.165) is 12.3 Å². The van der Waals surface area contributed by atoms with Crippen molar-refractivity contribution in [1.29, 1.82) is 0 Å². The molecule has 0 heterocycles. The second kappa shape index (κ2) is 4.33. The fraction of sp³-hybridized carbons (Fsp3) is 0.944. The molecule has 0 radical (unpaired) electrons. The highest BCUT2D eigenvalue weighted by Gasteiger charge is 2.63. The molecule has 2 unspecified atom stereocenters. The van der Waals surface area contributed by atoms with E-state index in [1.807, 2.05) is 0 Å². The first kappa shape index (κ1) is 13.6. The molecule has 3 aliphatic rings. The Balaban J connectivity index is 1.80. The number of rotatable bonds is 2. The summed E-state index contributed by atoms with van der Waals surface area (Å²) < 4.78 is 0. The highest BCUT2D eigenvalue weighted by atomic mass is 16.1. The molecule has 0 aromatic carbocycles. The summed E-state index contributed by atoms with van der Waals surface area (Å²) >= 11 is 0. The molecule has 19 heavy (non-hydrogen) atoms. The Morgan fingerprint density at radius 1 is 1.16 bits per heavy atom. The van der Waals surface area contributed by atoms with Gasteiger partial charge in [-0.3, -0.25) is 4.79 Å². The molecule has 108 valence electrons. The van der Waals surface area contributed by atoms with E-state index in [1.165, 1.54) is 38.5 Å². The maximum atomic E-state index is 12.6. The van der Waals surface area contributed by atoms with Gasteiger partial charge in [-0.15, -0.1) is 0 Å². The van der Waals surface area contributed by atoms with Gasteiger partial charge in [0.15, 0.2) is 0 Å². The number of hydrogen-bond acceptors (Lipinski definition) is 1. The van der Waals surface area contributed by atoms with Gasteiger partial charge in [-0.2, -0.15) is 0 Å². The number of ketones is 1. The summed E-state index contributed by atoms with van der Waals surface area (Å²) in [5, 5.41) is 0. The molecule has 0 aliphatic heterocycles. The Hall–Kier alpha value is -0.330. The van der Waals surface area contributed by atoms with E-state index < -0.39 is 0 Å². The van der Waals surface area contributed by atoms with Gasteiger partial charge < -0.3 is 0 Å². The van der Waals surface area contributed by atoms with Crippen LogP contribution in [0.4, 0.5) is 0 Å². The molecule has 0 aromatic rings. The van der Waals surface area contributed by atoms with E-state index in [2.05, 4.69) is 27.7 Å². The zero-order chi connectivity index (χ0) is 13.8. The number of fused-ring (bicyclic) bond motifs is 2. The van der Waals surface area contributed by atoms with Crippen LogP contribution in [0.1, 0.15) is 72.6 Å². The van der Waals surface area contributed by atoms with Crippen molar-refractivity contribution in [2.75, 3.05) is 0 Å². The van der Waals surface area contributed by atoms with Crippen LogP contribution < -0.4 is 0 Å². The van der Waals surface area contributed by atoms with Gasteiger partial charge in [-0.05, 0) is 60.7 Å². The Bertz CT molecular complexity index is 383. The molecule has 0 saturated heterocycles. The molecular formula is C18H30O. The van der Waals surface area contributed by atoms with E-state index in [4.69, 9.17) is 0 Å². The normalized spacial score (nSPS) is 48.7. The Labute approximate surface area is 118 Å². The van der Waals surface area contributed by atoms with Crippen molar-refractivity contribution < 1.29 is 4.79 Å². The molecule has 3 fully saturated rings. The van der Waals surface area contributed by atoms with Crippen molar-refractivity contribution in [2.24, 2.45) is 34.5 Å². The third-order valence-electron chi connectivity index (χ3n) is 7.71. The maximum Gasteiger partial charge on any atom is 0.136 e. The average molecular weight is 262 g/mol. The molecule has 0 N–H and O–H groups in total. The standard InChI is InChI=1S/C18H30O/c1-5-12-6-7-14(16(19)10-12)15-11-13-8-9-18(15,4)17(13,2)3/h12-15H,5-11H2,1-4H3/t12?,13-,14?,15+,18+/m0/s1. The second-order valence-electron chi connectivity index (χ2n) is 8.35. The summed E-state index contributed by atoms with van der Waals surface area (Å²) in [7, 11) is 0. The molecular weight excluding hydrogens is 232 g/mol. The molecule has 3 rings (SSSR count). The minimum Gasteiger partial charge on any atom is -0.299 e. The molecule has 3 aliphatic carbocycles. The van der Waals surface area contributed by atoms with Crippen LogP contribution in [0.5, 0.6) is 0 Å². The van der Waals surface area contributed by atoms with Crippen molar-refractivity contribution >= 4 is 5.78 Å². The van der Waals surface area contributed by atoms with Crippen LogP contribution in [0.15, 0.2) is 0 Å². The second-order valence-corrected chi connectivity index (χ2v) is 8.35. The summed E-state index contributed by atoms with van der Waals surface area (Å²) in [6, 6.07) is 0. The van der Waals surface area contributed by atoms with E-state index in [0.29, 0.717) is 34.4 Å². The maximum absolute atomic E-state index is 12.6. The SMILES string of the molecule is CCC1CCC([C@H]2C[C@@H]3CC[C@@]2(C)C3(C)C)C(=O)C1.